The van der Waals surface area contributed by atoms with E-state index in [0.717, 1.165) is 21.2 Å². The number of aliphatic hydroxyl groups excluding tert-OH is 1. The van der Waals surface area contributed by atoms with Crippen molar-refractivity contribution < 1.29 is 14.6 Å². The zero-order chi connectivity index (χ0) is 15.5. The minimum Gasteiger partial charge on any atom is -0.445 e. The monoisotopic (exact) mass is 361 g/mol. The maximum Gasteiger partial charge on any atom is 0.410 e. The largest absolute Gasteiger partial charge is 0.445 e. The van der Waals surface area contributed by atoms with Gasteiger partial charge in [-0.2, -0.15) is 0 Å². The third-order valence-corrected chi connectivity index (χ3v) is 4.18. The molecule has 2 aromatic rings. The van der Waals surface area contributed by atoms with Crippen molar-refractivity contribution in [3.63, 3.8) is 0 Å². The van der Waals surface area contributed by atoms with Crippen LogP contribution in [0.25, 0.3) is 0 Å². The number of aliphatic hydroxyl groups is 1. The molecule has 0 fully saturated rings. The first-order chi connectivity index (χ1) is 10.6. The summed E-state index contributed by atoms with van der Waals surface area (Å²) in [6.07, 6.45) is -1.10. The Morgan fingerprint density at radius 1 is 1.27 bits per heavy atom. The van der Waals surface area contributed by atoms with E-state index < -0.39 is 12.2 Å². The van der Waals surface area contributed by atoms with Gasteiger partial charge in [-0.15, -0.1) is 0 Å². The summed E-state index contributed by atoms with van der Waals surface area (Å²) in [6, 6.07) is 15.3. The van der Waals surface area contributed by atoms with Crippen molar-refractivity contribution in [1.82, 2.24) is 4.90 Å². The van der Waals surface area contributed by atoms with Gasteiger partial charge in [-0.05, 0) is 28.8 Å². The number of rotatable bonds is 2. The minimum atomic E-state index is -0.689. The van der Waals surface area contributed by atoms with E-state index in [4.69, 9.17) is 4.74 Å². The van der Waals surface area contributed by atoms with Gasteiger partial charge in [0.1, 0.15) is 6.61 Å². The highest BCUT2D eigenvalue weighted by atomic mass is 79.9. The van der Waals surface area contributed by atoms with Crippen molar-refractivity contribution in [2.24, 2.45) is 0 Å². The average Bonchev–Trinajstić information content (AvgIpc) is 2.54. The quantitative estimate of drug-likeness (QED) is 0.888. The minimum absolute atomic E-state index is 0.236. The summed E-state index contributed by atoms with van der Waals surface area (Å²) in [4.78, 5) is 13.7. The van der Waals surface area contributed by atoms with Crippen LogP contribution in [0.5, 0.6) is 0 Å². The SMILES string of the molecule is O=C(OCc1ccccc1)N1Cc2ccc(Br)cc2C(O)C1. The van der Waals surface area contributed by atoms with E-state index in [1.165, 1.54) is 4.90 Å². The highest BCUT2D eigenvalue weighted by Crippen LogP contribution is 2.29. The Kier molecular flexibility index (Phi) is 4.45. The van der Waals surface area contributed by atoms with E-state index in [9.17, 15) is 9.90 Å². The lowest BCUT2D eigenvalue weighted by Crippen LogP contribution is -2.38. The van der Waals surface area contributed by atoms with Crippen LogP contribution in [0.2, 0.25) is 0 Å². The van der Waals surface area contributed by atoms with Crippen LogP contribution in [-0.4, -0.2) is 22.6 Å². The van der Waals surface area contributed by atoms with Gasteiger partial charge >= 0.3 is 6.09 Å². The van der Waals surface area contributed by atoms with E-state index in [2.05, 4.69) is 15.9 Å². The number of ether oxygens (including phenoxy) is 1. The molecule has 0 saturated carbocycles. The fourth-order valence-electron chi connectivity index (χ4n) is 2.55. The summed E-state index contributed by atoms with van der Waals surface area (Å²) in [5, 5.41) is 10.2. The van der Waals surface area contributed by atoms with Gasteiger partial charge in [0.2, 0.25) is 0 Å². The number of β-amino-alcohol motifs (C(OH)–C–C–N with tert-alkyl or cyclic N) is 1. The predicted molar refractivity (Wildman–Crippen MR) is 86.1 cm³/mol. The molecule has 1 amide bonds. The van der Waals surface area contributed by atoms with Crippen LogP contribution in [0.4, 0.5) is 4.79 Å². The third kappa shape index (κ3) is 3.31. The molecule has 1 aliphatic rings. The van der Waals surface area contributed by atoms with Gasteiger partial charge in [0.15, 0.2) is 0 Å². The molecule has 0 saturated heterocycles. The second-order valence-corrected chi connectivity index (χ2v) is 6.20. The van der Waals surface area contributed by atoms with E-state index in [0.29, 0.717) is 6.54 Å². The van der Waals surface area contributed by atoms with Crippen LogP contribution >= 0.6 is 15.9 Å². The molecule has 1 heterocycles. The maximum absolute atomic E-state index is 12.2. The lowest BCUT2D eigenvalue weighted by atomic mass is 9.98. The lowest BCUT2D eigenvalue weighted by molar-refractivity contribution is 0.0570. The first kappa shape index (κ1) is 15.1. The molecule has 3 rings (SSSR count). The molecule has 22 heavy (non-hydrogen) atoms. The molecule has 1 atom stereocenters. The first-order valence-corrected chi connectivity index (χ1v) is 7.85. The first-order valence-electron chi connectivity index (χ1n) is 7.05. The molecule has 0 aromatic heterocycles. The number of carbonyl (C=O) groups excluding carboxylic acids is 1. The Labute approximate surface area is 137 Å². The number of carbonyl (C=O) groups is 1. The molecular weight excluding hydrogens is 346 g/mol. The fraction of sp³-hybridized carbons (Fsp3) is 0.235. The molecule has 1 unspecified atom stereocenters. The normalized spacial score (nSPS) is 17.0. The summed E-state index contributed by atoms with van der Waals surface area (Å²) in [5.41, 5.74) is 2.75. The van der Waals surface area contributed by atoms with Crippen molar-refractivity contribution >= 4 is 22.0 Å². The molecule has 0 spiro atoms. The van der Waals surface area contributed by atoms with Gasteiger partial charge in [0, 0.05) is 11.0 Å². The van der Waals surface area contributed by atoms with Crippen LogP contribution in [0.15, 0.2) is 53.0 Å². The van der Waals surface area contributed by atoms with Crippen molar-refractivity contribution in [3.8, 4) is 0 Å². The number of benzene rings is 2. The second kappa shape index (κ2) is 6.50. The Morgan fingerprint density at radius 3 is 2.82 bits per heavy atom. The average molecular weight is 362 g/mol. The van der Waals surface area contributed by atoms with Gasteiger partial charge in [-0.1, -0.05) is 52.3 Å². The lowest BCUT2D eigenvalue weighted by Gasteiger charge is -2.31. The Bertz CT molecular complexity index is 675. The molecule has 0 aliphatic carbocycles. The molecule has 1 aliphatic heterocycles. The Balaban J connectivity index is 1.66. The second-order valence-electron chi connectivity index (χ2n) is 5.28. The van der Waals surface area contributed by atoms with E-state index in [-0.39, 0.29) is 13.2 Å². The molecule has 2 aromatic carbocycles. The highest BCUT2D eigenvalue weighted by molar-refractivity contribution is 9.10. The van der Waals surface area contributed by atoms with Crippen molar-refractivity contribution in [3.05, 3.63) is 69.7 Å². The number of hydrogen-bond acceptors (Lipinski definition) is 3. The molecule has 0 bridgehead atoms. The predicted octanol–water partition coefficient (Wildman–Crippen LogP) is 3.63. The number of amides is 1. The number of fused-ring (bicyclic) bond motifs is 1. The Hall–Kier alpha value is -1.85. The number of hydrogen-bond donors (Lipinski definition) is 1. The van der Waals surface area contributed by atoms with Gasteiger partial charge in [0.25, 0.3) is 0 Å². The topological polar surface area (TPSA) is 49.8 Å². The van der Waals surface area contributed by atoms with Crippen molar-refractivity contribution in [2.45, 2.75) is 19.3 Å². The Morgan fingerprint density at radius 2 is 2.05 bits per heavy atom. The molecular formula is C17H16BrNO3. The van der Waals surface area contributed by atoms with Crippen LogP contribution in [0.1, 0.15) is 22.8 Å². The number of nitrogens with zero attached hydrogens (tertiary/aromatic N) is 1. The maximum atomic E-state index is 12.2. The van der Waals surface area contributed by atoms with Crippen LogP contribution < -0.4 is 0 Å². The third-order valence-electron chi connectivity index (χ3n) is 3.68. The van der Waals surface area contributed by atoms with Gasteiger partial charge in [-0.25, -0.2) is 4.79 Å². The van der Waals surface area contributed by atoms with Gasteiger partial charge < -0.3 is 14.7 Å². The molecule has 5 heteroatoms. The molecule has 4 nitrogen and oxygen atoms in total. The van der Waals surface area contributed by atoms with Gasteiger partial charge in [0.05, 0.1) is 12.6 Å². The molecule has 1 N–H and O–H groups in total. The van der Waals surface area contributed by atoms with Crippen molar-refractivity contribution in [1.29, 1.82) is 0 Å². The van der Waals surface area contributed by atoms with E-state index >= 15 is 0 Å². The van der Waals surface area contributed by atoms with E-state index in [1.807, 2.05) is 48.5 Å². The van der Waals surface area contributed by atoms with Gasteiger partial charge in [-0.3, -0.25) is 0 Å². The summed E-state index contributed by atoms with van der Waals surface area (Å²) < 4.78 is 6.24. The number of halogens is 1. The van der Waals surface area contributed by atoms with Crippen LogP contribution in [-0.2, 0) is 17.9 Å². The van der Waals surface area contributed by atoms with Crippen LogP contribution in [0.3, 0.4) is 0 Å². The molecule has 114 valence electrons. The van der Waals surface area contributed by atoms with E-state index in [1.54, 1.807) is 0 Å². The smallest absolute Gasteiger partial charge is 0.410 e. The summed E-state index contributed by atoms with van der Waals surface area (Å²) >= 11 is 3.40. The zero-order valence-corrected chi connectivity index (χ0v) is 13.5. The zero-order valence-electron chi connectivity index (χ0n) is 11.9. The molecule has 0 radical (unpaired) electrons. The van der Waals surface area contributed by atoms with Crippen LogP contribution in [0, 0.1) is 0 Å². The summed E-state index contributed by atoms with van der Waals surface area (Å²) in [6.45, 7) is 0.934. The highest BCUT2D eigenvalue weighted by Gasteiger charge is 2.27. The summed E-state index contributed by atoms with van der Waals surface area (Å²) in [7, 11) is 0. The fourth-order valence-corrected chi connectivity index (χ4v) is 2.93. The standard InChI is InChI=1S/C17H16BrNO3/c18-14-7-6-13-9-19(10-16(20)15(13)8-14)17(21)22-11-12-4-2-1-3-5-12/h1-8,16,20H,9-11H2. The summed E-state index contributed by atoms with van der Waals surface area (Å²) in [5.74, 6) is 0. The van der Waals surface area contributed by atoms with Crippen molar-refractivity contribution in [2.75, 3.05) is 6.54 Å².